The van der Waals surface area contributed by atoms with Crippen LogP contribution in [0, 0.1) is 0 Å². The first kappa shape index (κ1) is 20.1. The van der Waals surface area contributed by atoms with Crippen molar-refractivity contribution in [3.05, 3.63) is 78.3 Å². The predicted octanol–water partition coefficient (Wildman–Crippen LogP) is 3.54. The van der Waals surface area contributed by atoms with E-state index in [1.165, 1.54) is 18.3 Å². The highest BCUT2D eigenvalue weighted by Crippen LogP contribution is 2.19. The van der Waals surface area contributed by atoms with E-state index in [9.17, 15) is 18.0 Å². The molecule has 1 N–H and O–H groups in total. The minimum atomic E-state index is -4.47. The van der Waals surface area contributed by atoms with E-state index in [0.717, 1.165) is 11.3 Å². The Morgan fingerprint density at radius 3 is 2.72 bits per heavy atom. The highest BCUT2D eigenvalue weighted by molar-refractivity contribution is 5.91. The van der Waals surface area contributed by atoms with Crippen LogP contribution in [-0.4, -0.2) is 33.5 Å². The largest absolute Gasteiger partial charge is 0.468 e. The number of para-hydroxylation sites is 1. The van der Waals surface area contributed by atoms with E-state index in [-0.39, 0.29) is 12.4 Å². The molecule has 6 nitrogen and oxygen atoms in total. The molecule has 0 aliphatic carbocycles. The molecular weight excluding hydrogens is 385 g/mol. The first-order chi connectivity index (χ1) is 13.9. The van der Waals surface area contributed by atoms with Crippen molar-refractivity contribution in [3.8, 4) is 11.6 Å². The topological polar surface area (TPSA) is 69.0 Å². The van der Waals surface area contributed by atoms with Gasteiger partial charge in [0.05, 0.1) is 11.9 Å². The third-order valence-electron chi connectivity index (χ3n) is 3.73. The number of amides is 1. The van der Waals surface area contributed by atoms with Gasteiger partial charge in [0, 0.05) is 36.1 Å². The van der Waals surface area contributed by atoms with Crippen molar-refractivity contribution in [2.75, 3.05) is 6.61 Å². The fourth-order valence-corrected chi connectivity index (χ4v) is 2.40. The van der Waals surface area contributed by atoms with Crippen molar-refractivity contribution in [1.29, 1.82) is 0 Å². The van der Waals surface area contributed by atoms with E-state index in [4.69, 9.17) is 4.74 Å². The number of carbonyl (C=O) groups is 1. The molecule has 3 rings (SSSR count). The summed E-state index contributed by atoms with van der Waals surface area (Å²) in [5.41, 5.74) is 1.95. The maximum absolute atomic E-state index is 12.3. The van der Waals surface area contributed by atoms with Gasteiger partial charge in [0.25, 0.3) is 0 Å². The molecule has 0 spiro atoms. The van der Waals surface area contributed by atoms with E-state index in [0.29, 0.717) is 5.56 Å². The van der Waals surface area contributed by atoms with E-state index < -0.39 is 18.7 Å². The van der Waals surface area contributed by atoms with Crippen LogP contribution in [0.25, 0.3) is 11.8 Å². The van der Waals surface area contributed by atoms with Gasteiger partial charge in [0.1, 0.15) is 0 Å². The summed E-state index contributed by atoms with van der Waals surface area (Å²) in [6.45, 7) is -1.47. The van der Waals surface area contributed by atoms with Crippen LogP contribution < -0.4 is 10.1 Å². The summed E-state index contributed by atoms with van der Waals surface area (Å²) in [5.74, 6) is -0.582. The minimum absolute atomic E-state index is 0.0204. The van der Waals surface area contributed by atoms with Crippen molar-refractivity contribution in [3.63, 3.8) is 0 Å². The van der Waals surface area contributed by atoms with Gasteiger partial charge >= 0.3 is 6.18 Å². The number of carbonyl (C=O) groups excluding carboxylic acids is 1. The number of hydrogen-bond donors (Lipinski definition) is 1. The SMILES string of the molecule is O=C(/C=C/c1cnn(-c2ccccc2)c1)NCc1cccnc1OCC(F)(F)F. The smallest absolute Gasteiger partial charge is 0.422 e. The molecule has 0 unspecified atom stereocenters. The average molecular weight is 402 g/mol. The number of nitrogens with zero attached hydrogens (tertiary/aromatic N) is 3. The predicted molar refractivity (Wildman–Crippen MR) is 100 cm³/mol. The molecule has 0 saturated carbocycles. The molecule has 29 heavy (non-hydrogen) atoms. The van der Waals surface area contributed by atoms with Gasteiger partial charge in [-0.3, -0.25) is 4.79 Å². The van der Waals surface area contributed by atoms with Gasteiger partial charge in [0.15, 0.2) is 6.61 Å². The number of halogens is 3. The second-order valence-corrected chi connectivity index (χ2v) is 5.98. The number of nitrogens with one attached hydrogen (secondary N) is 1. The highest BCUT2D eigenvalue weighted by atomic mass is 19.4. The maximum atomic E-state index is 12.3. The molecule has 1 amide bonds. The van der Waals surface area contributed by atoms with E-state index in [1.54, 1.807) is 29.2 Å². The molecule has 3 aromatic rings. The summed E-state index contributed by atoms with van der Waals surface area (Å²) in [6, 6.07) is 12.6. The molecule has 2 aromatic heterocycles. The Morgan fingerprint density at radius 1 is 1.17 bits per heavy atom. The van der Waals surface area contributed by atoms with Crippen molar-refractivity contribution in [2.45, 2.75) is 12.7 Å². The van der Waals surface area contributed by atoms with Crippen LogP contribution in [0.4, 0.5) is 13.2 Å². The van der Waals surface area contributed by atoms with Gasteiger partial charge in [-0.05, 0) is 24.3 Å². The van der Waals surface area contributed by atoms with Crippen molar-refractivity contribution >= 4 is 12.0 Å². The number of rotatable bonds is 7. The molecule has 2 heterocycles. The molecule has 0 fully saturated rings. The summed E-state index contributed by atoms with van der Waals surface area (Å²) >= 11 is 0. The van der Waals surface area contributed by atoms with E-state index in [1.807, 2.05) is 30.3 Å². The first-order valence-corrected chi connectivity index (χ1v) is 8.60. The van der Waals surface area contributed by atoms with Gasteiger partial charge in [-0.25, -0.2) is 9.67 Å². The zero-order valence-corrected chi connectivity index (χ0v) is 15.1. The van der Waals surface area contributed by atoms with Crippen LogP contribution >= 0.6 is 0 Å². The molecule has 0 atom stereocenters. The third kappa shape index (κ3) is 6.20. The Bertz CT molecular complexity index is 985. The second-order valence-electron chi connectivity index (χ2n) is 5.98. The minimum Gasteiger partial charge on any atom is -0.468 e. The zero-order valence-electron chi connectivity index (χ0n) is 15.1. The van der Waals surface area contributed by atoms with Crippen LogP contribution in [0.15, 0.2) is 67.1 Å². The molecule has 0 saturated heterocycles. The van der Waals surface area contributed by atoms with E-state index >= 15 is 0 Å². The average Bonchev–Trinajstić information content (AvgIpc) is 3.19. The standard InChI is InChI=1S/C20H17F3N4O2/c21-20(22,23)14-29-19-16(5-4-10-24-19)12-25-18(28)9-8-15-11-26-27(13-15)17-6-2-1-3-7-17/h1-11,13H,12,14H2,(H,25,28)/b9-8+. The first-order valence-electron chi connectivity index (χ1n) is 8.60. The van der Waals surface area contributed by atoms with Crippen molar-refractivity contribution in [1.82, 2.24) is 20.1 Å². The van der Waals surface area contributed by atoms with Crippen LogP contribution in [-0.2, 0) is 11.3 Å². The number of pyridine rings is 1. The quantitative estimate of drug-likeness (QED) is 0.614. The second kappa shape index (κ2) is 9.05. The summed E-state index contributed by atoms with van der Waals surface area (Å²) in [7, 11) is 0. The Morgan fingerprint density at radius 2 is 1.97 bits per heavy atom. The molecule has 0 radical (unpaired) electrons. The number of hydrogen-bond acceptors (Lipinski definition) is 4. The number of benzene rings is 1. The normalized spacial score (nSPS) is 11.6. The molecule has 150 valence electrons. The van der Waals surface area contributed by atoms with Gasteiger partial charge < -0.3 is 10.1 Å². The van der Waals surface area contributed by atoms with Crippen molar-refractivity contribution < 1.29 is 22.7 Å². The fraction of sp³-hybridized carbons (Fsp3) is 0.150. The Labute approximate surface area is 164 Å². The van der Waals surface area contributed by atoms with Gasteiger partial charge in [-0.1, -0.05) is 24.3 Å². The van der Waals surface area contributed by atoms with Crippen LogP contribution in [0.3, 0.4) is 0 Å². The monoisotopic (exact) mass is 402 g/mol. The maximum Gasteiger partial charge on any atom is 0.422 e. The lowest BCUT2D eigenvalue weighted by Crippen LogP contribution is -2.23. The Balaban J connectivity index is 1.56. The van der Waals surface area contributed by atoms with Gasteiger partial charge in [-0.15, -0.1) is 0 Å². The molecule has 0 aliphatic rings. The van der Waals surface area contributed by atoms with Crippen LogP contribution in [0.2, 0.25) is 0 Å². The molecular formula is C20H17F3N4O2. The lowest BCUT2D eigenvalue weighted by molar-refractivity contribution is -0.154. The number of alkyl halides is 3. The summed E-state index contributed by atoms with van der Waals surface area (Å²) in [5, 5.41) is 6.82. The molecule has 1 aromatic carbocycles. The van der Waals surface area contributed by atoms with Gasteiger partial charge in [0.2, 0.25) is 11.8 Å². The summed E-state index contributed by atoms with van der Waals surface area (Å²) in [4.78, 5) is 15.8. The lowest BCUT2D eigenvalue weighted by atomic mass is 10.2. The lowest BCUT2D eigenvalue weighted by Gasteiger charge is -2.12. The fourth-order valence-electron chi connectivity index (χ4n) is 2.40. The summed E-state index contributed by atoms with van der Waals surface area (Å²) < 4.78 is 43.3. The Kier molecular flexibility index (Phi) is 6.28. The van der Waals surface area contributed by atoms with Crippen LogP contribution in [0.5, 0.6) is 5.88 Å². The molecule has 0 bridgehead atoms. The van der Waals surface area contributed by atoms with Gasteiger partial charge in [-0.2, -0.15) is 18.3 Å². The highest BCUT2D eigenvalue weighted by Gasteiger charge is 2.29. The molecule has 0 aliphatic heterocycles. The van der Waals surface area contributed by atoms with Crippen molar-refractivity contribution in [2.24, 2.45) is 0 Å². The number of ether oxygens (including phenoxy) is 1. The molecule has 9 heteroatoms. The zero-order chi connectivity index (χ0) is 20.7. The Hall–Kier alpha value is -3.62. The van der Waals surface area contributed by atoms with Crippen LogP contribution in [0.1, 0.15) is 11.1 Å². The third-order valence-corrected chi connectivity index (χ3v) is 3.73. The number of aromatic nitrogens is 3. The summed E-state index contributed by atoms with van der Waals surface area (Å²) in [6.07, 6.45) is 3.14. The van der Waals surface area contributed by atoms with E-state index in [2.05, 4.69) is 15.4 Å².